The molecule has 49 heavy (non-hydrogen) atoms. The van der Waals surface area contributed by atoms with E-state index in [4.69, 9.17) is 9.99 Å². The molecule has 0 spiro atoms. The van der Waals surface area contributed by atoms with Crippen LogP contribution in [0.5, 0.6) is 0 Å². The highest BCUT2D eigenvalue weighted by Crippen LogP contribution is 2.67. The van der Waals surface area contributed by atoms with Crippen LogP contribution in [0.25, 0.3) is 0 Å². The summed E-state index contributed by atoms with van der Waals surface area (Å²) in [5.74, 6) is 5.78. The fourth-order valence-corrected chi connectivity index (χ4v) is 11.0. The molecule has 0 bridgehead atoms. The van der Waals surface area contributed by atoms with Gasteiger partial charge >= 0.3 is 5.97 Å². The quantitative estimate of drug-likeness (QED) is 0.0348. The lowest BCUT2D eigenvalue weighted by atomic mass is 9.47. The lowest BCUT2D eigenvalue weighted by molar-refractivity contribution is -0.204. The Morgan fingerprint density at radius 3 is 2.49 bits per heavy atom. The van der Waals surface area contributed by atoms with Gasteiger partial charge in [0.25, 0.3) is 0 Å². The van der Waals surface area contributed by atoms with Crippen molar-refractivity contribution < 1.29 is 19.7 Å². The van der Waals surface area contributed by atoms with Crippen molar-refractivity contribution >= 4 is 5.97 Å². The van der Waals surface area contributed by atoms with Crippen LogP contribution in [0.2, 0.25) is 0 Å². The molecule has 278 valence electrons. The predicted molar refractivity (Wildman–Crippen MR) is 205 cm³/mol. The molecule has 0 radical (unpaired) electrons. The fourth-order valence-electron chi connectivity index (χ4n) is 11.0. The summed E-state index contributed by atoms with van der Waals surface area (Å²) in [6.45, 7) is 14.7. The molecule has 4 aliphatic carbocycles. The maximum absolute atomic E-state index is 12.8. The number of hydrogen-bond acceptors (Lipinski definition) is 4. The predicted octanol–water partition coefficient (Wildman–Crippen LogP) is 13.3. The highest BCUT2D eigenvalue weighted by Gasteiger charge is 2.59. The summed E-state index contributed by atoms with van der Waals surface area (Å²) in [4.78, 5) is 17.3. The third-order valence-electron chi connectivity index (χ3n) is 13.8. The van der Waals surface area contributed by atoms with E-state index in [1.165, 1.54) is 77.0 Å². The lowest BCUT2D eigenvalue weighted by Crippen LogP contribution is -2.51. The number of unbranched alkanes of at least 4 members (excludes halogenated alkanes) is 5. The average molecular weight is 679 g/mol. The van der Waals surface area contributed by atoms with Crippen molar-refractivity contribution in [2.24, 2.45) is 46.3 Å². The summed E-state index contributed by atoms with van der Waals surface area (Å²) in [7, 11) is 0. The Morgan fingerprint density at radius 1 is 0.918 bits per heavy atom. The molecular weight excluding hydrogens is 604 g/mol. The maximum Gasteiger partial charge on any atom is 0.306 e. The molecule has 0 unspecified atom stereocenters. The van der Waals surface area contributed by atoms with Gasteiger partial charge in [-0.25, -0.2) is 5.26 Å². The van der Waals surface area contributed by atoms with Gasteiger partial charge in [-0.05, 0) is 129 Å². The molecule has 0 aliphatic heterocycles. The van der Waals surface area contributed by atoms with Crippen LogP contribution in [-0.2, 0) is 14.4 Å². The minimum atomic E-state index is 0.0169. The molecular formula is C45H74O4. The third-order valence-corrected chi connectivity index (χ3v) is 13.8. The van der Waals surface area contributed by atoms with Gasteiger partial charge in [0.1, 0.15) is 11.9 Å². The van der Waals surface area contributed by atoms with Crippen LogP contribution in [-0.4, -0.2) is 17.3 Å². The first-order chi connectivity index (χ1) is 23.6. The zero-order chi connectivity index (χ0) is 35.3. The Labute approximate surface area is 301 Å². The molecule has 1 N–H and O–H groups in total. The van der Waals surface area contributed by atoms with E-state index in [1.807, 2.05) is 12.2 Å². The van der Waals surface area contributed by atoms with Crippen LogP contribution in [0.3, 0.4) is 0 Å². The zero-order valence-corrected chi connectivity index (χ0v) is 32.5. The summed E-state index contributed by atoms with van der Waals surface area (Å²) >= 11 is 0. The van der Waals surface area contributed by atoms with E-state index in [0.717, 1.165) is 80.5 Å². The molecule has 4 aliphatic rings. The number of allylic oxidation sites excluding steroid dienone is 6. The van der Waals surface area contributed by atoms with Crippen LogP contribution in [0.1, 0.15) is 176 Å². The SMILES string of the molecule is CC/C=C\C/C(=C\C/C=C\CCCCCCCC(=O)O[C@H]1CC[C@@]2(C)C(=CC[C@H]3[C@@H]4CC[C@H]([C@H](C)CCCC(C)C)[C@@]4(C)CC[C@@H]32)C1)OO. The van der Waals surface area contributed by atoms with Gasteiger partial charge < -0.3 is 9.62 Å². The van der Waals surface area contributed by atoms with E-state index in [9.17, 15) is 4.79 Å². The fraction of sp³-hybridized carbons (Fsp3) is 0.800. The first-order valence-corrected chi connectivity index (χ1v) is 20.8. The molecule has 4 rings (SSSR count). The molecule has 8 atom stereocenters. The van der Waals surface area contributed by atoms with E-state index in [2.05, 4.69) is 70.7 Å². The number of fused-ring (bicyclic) bond motifs is 5. The van der Waals surface area contributed by atoms with Gasteiger partial charge in [-0.2, -0.15) is 0 Å². The first kappa shape index (κ1) is 40.0. The van der Waals surface area contributed by atoms with Crippen molar-refractivity contribution in [3.8, 4) is 0 Å². The summed E-state index contributed by atoms with van der Waals surface area (Å²) in [6.07, 6.45) is 37.0. The van der Waals surface area contributed by atoms with Crippen molar-refractivity contribution in [1.29, 1.82) is 0 Å². The summed E-state index contributed by atoms with van der Waals surface area (Å²) < 4.78 is 6.11. The van der Waals surface area contributed by atoms with Crippen LogP contribution in [0.4, 0.5) is 0 Å². The molecule has 0 amide bonds. The highest BCUT2D eigenvalue weighted by atomic mass is 17.1. The molecule has 4 heteroatoms. The number of hydrogen-bond donors (Lipinski definition) is 1. The molecule has 3 saturated carbocycles. The molecule has 0 heterocycles. The van der Waals surface area contributed by atoms with Crippen LogP contribution in [0.15, 0.2) is 47.8 Å². The maximum atomic E-state index is 12.8. The van der Waals surface area contributed by atoms with Crippen molar-refractivity contribution in [1.82, 2.24) is 0 Å². The Bertz CT molecular complexity index is 1130. The second-order valence-corrected chi connectivity index (χ2v) is 17.5. The molecule has 0 aromatic carbocycles. The van der Waals surface area contributed by atoms with Crippen molar-refractivity contribution in [3.05, 3.63) is 47.8 Å². The second kappa shape index (κ2) is 19.7. The Morgan fingerprint density at radius 2 is 1.71 bits per heavy atom. The van der Waals surface area contributed by atoms with Crippen LogP contribution in [0, 0.1) is 46.3 Å². The number of esters is 1. The molecule has 0 aromatic heterocycles. The summed E-state index contributed by atoms with van der Waals surface area (Å²) in [6, 6.07) is 0. The Kier molecular flexibility index (Phi) is 16.1. The lowest BCUT2D eigenvalue weighted by Gasteiger charge is -2.58. The van der Waals surface area contributed by atoms with Gasteiger partial charge in [0.2, 0.25) is 0 Å². The standard InChI is InChI=1S/C45H74O4/c1-7-8-16-22-37(49-47)23-17-14-12-10-9-11-13-15-18-24-43(46)48-38-29-31-44(5)36(33-38)25-26-39-41-28-27-40(35(4)21-19-20-34(2)3)45(41,6)32-30-42(39)44/h8,12,14,16,23,25,34-35,38-42,47H,7,9-11,13,15,17-22,24,26-33H2,1-6H3/b14-12-,16-8-,37-23+/t35-,38+,39+,40-,41+,42+,44+,45-/m1/s1. The molecule has 3 fully saturated rings. The number of carbonyl (C=O) groups excluding carboxylic acids is 1. The number of carbonyl (C=O) groups is 1. The van der Waals surface area contributed by atoms with E-state index < -0.39 is 0 Å². The van der Waals surface area contributed by atoms with Gasteiger partial charge in [0.15, 0.2) is 0 Å². The van der Waals surface area contributed by atoms with E-state index in [-0.39, 0.29) is 12.1 Å². The van der Waals surface area contributed by atoms with Gasteiger partial charge in [0, 0.05) is 19.3 Å². The zero-order valence-electron chi connectivity index (χ0n) is 32.5. The topological polar surface area (TPSA) is 55.8 Å². The van der Waals surface area contributed by atoms with Gasteiger partial charge in [-0.15, -0.1) is 0 Å². The molecule has 0 saturated heterocycles. The smallest absolute Gasteiger partial charge is 0.306 e. The van der Waals surface area contributed by atoms with E-state index in [1.54, 1.807) is 5.57 Å². The molecule has 4 nitrogen and oxygen atoms in total. The summed E-state index contributed by atoms with van der Waals surface area (Å²) in [5, 5.41) is 8.99. The minimum Gasteiger partial charge on any atom is -0.462 e. The number of ether oxygens (including phenoxy) is 1. The van der Waals surface area contributed by atoms with Crippen molar-refractivity contribution in [3.63, 3.8) is 0 Å². The van der Waals surface area contributed by atoms with E-state index in [0.29, 0.717) is 29.4 Å². The van der Waals surface area contributed by atoms with Gasteiger partial charge in [-0.1, -0.05) is 116 Å². The third kappa shape index (κ3) is 10.8. The van der Waals surface area contributed by atoms with Gasteiger partial charge in [0.05, 0.1) is 0 Å². The monoisotopic (exact) mass is 679 g/mol. The Hall–Kier alpha value is -1.81. The number of rotatable bonds is 20. The van der Waals surface area contributed by atoms with Crippen LogP contribution < -0.4 is 0 Å². The first-order valence-electron chi connectivity index (χ1n) is 20.8. The normalized spacial score (nSPS) is 32.2. The van der Waals surface area contributed by atoms with Crippen LogP contribution >= 0.6 is 0 Å². The van der Waals surface area contributed by atoms with Gasteiger partial charge in [-0.3, -0.25) is 4.79 Å². The average Bonchev–Trinajstić information content (AvgIpc) is 3.43. The Balaban J connectivity index is 1.13. The second-order valence-electron chi connectivity index (χ2n) is 17.5. The van der Waals surface area contributed by atoms with Crippen molar-refractivity contribution in [2.45, 2.75) is 182 Å². The largest absolute Gasteiger partial charge is 0.462 e. The minimum absolute atomic E-state index is 0.0169. The molecule has 0 aromatic rings. The van der Waals surface area contributed by atoms with Crippen molar-refractivity contribution in [2.75, 3.05) is 0 Å². The highest BCUT2D eigenvalue weighted by molar-refractivity contribution is 5.69. The summed E-state index contributed by atoms with van der Waals surface area (Å²) in [5.41, 5.74) is 2.46. The van der Waals surface area contributed by atoms with E-state index >= 15 is 0 Å².